The molecule has 0 saturated carbocycles. The third-order valence-corrected chi connectivity index (χ3v) is 6.78. The summed E-state index contributed by atoms with van der Waals surface area (Å²) in [4.78, 5) is 0. The van der Waals surface area contributed by atoms with E-state index in [4.69, 9.17) is 23.7 Å². The maximum Gasteiger partial charge on any atom is 0.184 e. The van der Waals surface area contributed by atoms with Gasteiger partial charge in [-0.3, -0.25) is 0 Å². The van der Waals surface area contributed by atoms with Gasteiger partial charge in [-0.05, 0) is 5.56 Å². The summed E-state index contributed by atoms with van der Waals surface area (Å²) >= 11 is 2.38. The summed E-state index contributed by atoms with van der Waals surface area (Å²) in [5.74, 6) is 0. The summed E-state index contributed by atoms with van der Waals surface area (Å²) in [7, 11) is 0. The Labute approximate surface area is 184 Å². The minimum atomic E-state index is -0.415. The molecule has 3 aliphatic rings. The van der Waals surface area contributed by atoms with Gasteiger partial charge < -0.3 is 23.7 Å². The van der Waals surface area contributed by atoms with Crippen LogP contribution in [-0.2, 0) is 30.3 Å². The van der Waals surface area contributed by atoms with Crippen molar-refractivity contribution in [3.05, 3.63) is 71.8 Å². The van der Waals surface area contributed by atoms with Crippen molar-refractivity contribution >= 4 is 22.6 Å². The molecule has 0 spiro atoms. The van der Waals surface area contributed by atoms with Gasteiger partial charge in [0.05, 0.1) is 25.4 Å². The Morgan fingerprint density at radius 3 is 2.34 bits per heavy atom. The van der Waals surface area contributed by atoms with Crippen LogP contribution in [0.4, 0.5) is 0 Å². The van der Waals surface area contributed by atoms with Gasteiger partial charge in [-0.1, -0.05) is 83.3 Å². The van der Waals surface area contributed by atoms with Crippen LogP contribution in [0.3, 0.4) is 0 Å². The van der Waals surface area contributed by atoms with Crippen molar-refractivity contribution in [3.8, 4) is 0 Å². The predicted octanol–water partition coefficient (Wildman–Crippen LogP) is 4.05. The average molecular weight is 508 g/mol. The number of benzene rings is 2. The van der Waals surface area contributed by atoms with Gasteiger partial charge in [0.2, 0.25) is 0 Å². The van der Waals surface area contributed by atoms with Gasteiger partial charge in [-0.2, -0.15) is 0 Å². The zero-order chi connectivity index (χ0) is 19.6. The quantitative estimate of drug-likeness (QED) is 0.451. The summed E-state index contributed by atoms with van der Waals surface area (Å²) in [6.45, 7) is 1.02. The van der Waals surface area contributed by atoms with Crippen LogP contribution < -0.4 is 0 Å². The molecule has 3 fully saturated rings. The standard InChI is InChI=1S/C23H25IO5/c24-12-17-11-18-20(27-17)22(25-13-15-7-3-1-4-8-15)21-19(28-18)14-26-23(29-21)16-9-5-2-6-10-16/h1-10,17-23H,11-14H2/t17-,18-,19-,20+,21+,22-,23?/m1/s1. The van der Waals surface area contributed by atoms with Crippen LogP contribution >= 0.6 is 22.6 Å². The molecule has 0 N–H and O–H groups in total. The molecule has 5 rings (SSSR count). The van der Waals surface area contributed by atoms with Crippen molar-refractivity contribution in [2.75, 3.05) is 11.0 Å². The summed E-state index contributed by atoms with van der Waals surface area (Å²) in [6, 6.07) is 20.3. The van der Waals surface area contributed by atoms with Crippen LogP contribution in [0.25, 0.3) is 0 Å². The van der Waals surface area contributed by atoms with E-state index in [1.807, 2.05) is 48.5 Å². The number of ether oxygens (including phenoxy) is 5. The molecular formula is C23H25IO5. The van der Waals surface area contributed by atoms with Crippen LogP contribution in [0, 0.1) is 0 Å². The van der Waals surface area contributed by atoms with E-state index in [1.165, 1.54) is 0 Å². The molecule has 0 bridgehead atoms. The molecule has 5 nitrogen and oxygen atoms in total. The van der Waals surface area contributed by atoms with Crippen molar-refractivity contribution in [1.82, 2.24) is 0 Å². The maximum atomic E-state index is 6.44. The highest BCUT2D eigenvalue weighted by Crippen LogP contribution is 2.41. The second kappa shape index (κ2) is 8.99. The molecule has 3 saturated heterocycles. The van der Waals surface area contributed by atoms with Gasteiger partial charge in [0.25, 0.3) is 0 Å². The van der Waals surface area contributed by atoms with Gasteiger partial charge >= 0.3 is 0 Å². The molecule has 3 aliphatic heterocycles. The van der Waals surface area contributed by atoms with Crippen LogP contribution in [0.15, 0.2) is 60.7 Å². The molecule has 1 unspecified atom stereocenters. The first-order valence-electron chi connectivity index (χ1n) is 10.2. The molecule has 29 heavy (non-hydrogen) atoms. The number of hydrogen-bond donors (Lipinski definition) is 0. The summed E-state index contributed by atoms with van der Waals surface area (Å²) in [6.07, 6.45) is 0.0139. The van der Waals surface area contributed by atoms with Crippen LogP contribution in [0.5, 0.6) is 0 Å². The maximum absolute atomic E-state index is 6.44. The van der Waals surface area contributed by atoms with Gasteiger partial charge in [0, 0.05) is 16.4 Å². The lowest BCUT2D eigenvalue weighted by Crippen LogP contribution is -2.61. The Bertz CT molecular complexity index is 788. The van der Waals surface area contributed by atoms with Crippen molar-refractivity contribution < 1.29 is 23.7 Å². The fourth-order valence-electron chi connectivity index (χ4n) is 4.39. The molecule has 0 amide bonds. The molecular weight excluding hydrogens is 483 g/mol. The Hall–Kier alpha value is -1.03. The summed E-state index contributed by atoms with van der Waals surface area (Å²) < 4.78 is 32.5. The van der Waals surface area contributed by atoms with Crippen molar-refractivity contribution in [2.24, 2.45) is 0 Å². The first kappa shape index (κ1) is 19.9. The van der Waals surface area contributed by atoms with E-state index in [9.17, 15) is 0 Å². The zero-order valence-corrected chi connectivity index (χ0v) is 18.2. The second-order valence-corrected chi connectivity index (χ2v) is 8.64. The monoisotopic (exact) mass is 508 g/mol. The van der Waals surface area contributed by atoms with E-state index < -0.39 is 6.29 Å². The van der Waals surface area contributed by atoms with Gasteiger partial charge in [0.15, 0.2) is 6.29 Å². The number of fused-ring (bicyclic) bond motifs is 2. The van der Waals surface area contributed by atoms with E-state index in [-0.39, 0.29) is 36.6 Å². The Kier molecular flexibility index (Phi) is 6.17. The van der Waals surface area contributed by atoms with E-state index in [2.05, 4.69) is 34.7 Å². The highest BCUT2D eigenvalue weighted by molar-refractivity contribution is 14.1. The molecule has 0 aliphatic carbocycles. The molecule has 6 heteroatoms. The Balaban J connectivity index is 1.37. The van der Waals surface area contributed by atoms with Gasteiger partial charge in [-0.15, -0.1) is 0 Å². The average Bonchev–Trinajstić information content (AvgIpc) is 3.20. The molecule has 2 aromatic rings. The van der Waals surface area contributed by atoms with Crippen LogP contribution in [0.2, 0.25) is 0 Å². The van der Waals surface area contributed by atoms with Crippen molar-refractivity contribution in [1.29, 1.82) is 0 Å². The van der Waals surface area contributed by atoms with E-state index in [1.54, 1.807) is 0 Å². The minimum absolute atomic E-state index is 0.0252. The normalized spacial score (nSPS) is 36.4. The second-order valence-electron chi connectivity index (χ2n) is 7.76. The number of alkyl halides is 1. The molecule has 7 atom stereocenters. The number of rotatable bonds is 5. The third kappa shape index (κ3) is 4.24. The molecule has 154 valence electrons. The van der Waals surface area contributed by atoms with Crippen molar-refractivity contribution in [2.45, 2.75) is 55.9 Å². The summed E-state index contributed by atoms with van der Waals surface area (Å²) in [5, 5.41) is 0. The smallest absolute Gasteiger partial charge is 0.184 e. The Morgan fingerprint density at radius 1 is 0.862 bits per heavy atom. The summed E-state index contributed by atoms with van der Waals surface area (Å²) in [5.41, 5.74) is 2.15. The fraction of sp³-hybridized carbons (Fsp3) is 0.478. The first-order valence-corrected chi connectivity index (χ1v) is 11.7. The van der Waals surface area contributed by atoms with Gasteiger partial charge in [0.1, 0.15) is 24.4 Å². The van der Waals surface area contributed by atoms with Gasteiger partial charge in [-0.25, -0.2) is 0 Å². The molecule has 0 radical (unpaired) electrons. The first-order chi connectivity index (χ1) is 14.3. The van der Waals surface area contributed by atoms with E-state index in [0.29, 0.717) is 13.2 Å². The number of hydrogen-bond acceptors (Lipinski definition) is 5. The minimum Gasteiger partial charge on any atom is -0.369 e. The lowest BCUT2D eigenvalue weighted by molar-refractivity contribution is -0.329. The Morgan fingerprint density at radius 2 is 1.59 bits per heavy atom. The molecule has 2 aromatic carbocycles. The molecule has 0 aromatic heterocycles. The zero-order valence-electron chi connectivity index (χ0n) is 16.1. The predicted molar refractivity (Wildman–Crippen MR) is 116 cm³/mol. The lowest BCUT2D eigenvalue weighted by atomic mass is 9.93. The number of halogens is 1. The van der Waals surface area contributed by atoms with Crippen LogP contribution in [-0.4, -0.2) is 47.7 Å². The largest absolute Gasteiger partial charge is 0.369 e. The highest BCUT2D eigenvalue weighted by Gasteiger charge is 2.54. The molecule has 3 heterocycles. The van der Waals surface area contributed by atoms with Crippen molar-refractivity contribution in [3.63, 3.8) is 0 Å². The fourth-order valence-corrected chi connectivity index (χ4v) is 4.95. The lowest BCUT2D eigenvalue weighted by Gasteiger charge is -2.47. The third-order valence-electron chi connectivity index (χ3n) is 5.80. The topological polar surface area (TPSA) is 46.2 Å². The SMILES string of the molecule is IC[C@H]1C[C@H]2O[C@@H]3COC(c4ccccc4)O[C@@H]3[C@H](OCc3ccccc3)[C@H]2O1. The van der Waals surface area contributed by atoms with E-state index >= 15 is 0 Å². The van der Waals surface area contributed by atoms with Crippen LogP contribution in [0.1, 0.15) is 23.8 Å². The van der Waals surface area contributed by atoms with E-state index in [0.717, 1.165) is 22.0 Å². The highest BCUT2D eigenvalue weighted by atomic mass is 127.